The minimum atomic E-state index is -3.09. The van der Waals surface area contributed by atoms with Gasteiger partial charge in [-0.2, -0.15) is 0 Å². The third-order valence-electron chi connectivity index (χ3n) is 4.69. The van der Waals surface area contributed by atoms with Crippen molar-refractivity contribution in [1.82, 2.24) is 4.31 Å². The molecule has 1 saturated carbocycles. The maximum Gasteiger partial charge on any atom is 0.224 e. The van der Waals surface area contributed by atoms with Crippen molar-refractivity contribution in [2.24, 2.45) is 5.92 Å². The van der Waals surface area contributed by atoms with Crippen molar-refractivity contribution >= 4 is 33.2 Å². The fraction of sp³-hybridized carbons (Fsp3) is 0.588. The maximum absolute atomic E-state index is 12.3. The number of carbonyl (C=O) groups is 1. The summed E-state index contributed by atoms with van der Waals surface area (Å²) in [6.07, 6.45) is 4.60. The van der Waals surface area contributed by atoms with Gasteiger partial charge in [-0.15, -0.1) is 0 Å². The first kappa shape index (κ1) is 17.7. The molecule has 1 atom stereocenters. The summed E-state index contributed by atoms with van der Waals surface area (Å²) in [6.45, 7) is 1.19. The molecule has 1 aromatic carbocycles. The minimum Gasteiger partial charge on any atom is -0.326 e. The Morgan fingerprint density at radius 3 is 2.58 bits per heavy atom. The Hall–Kier alpha value is -1.11. The van der Waals surface area contributed by atoms with Gasteiger partial charge in [0.1, 0.15) is 0 Å². The van der Waals surface area contributed by atoms with E-state index in [1.807, 2.05) is 0 Å². The van der Waals surface area contributed by atoms with E-state index in [1.165, 1.54) is 0 Å². The van der Waals surface area contributed by atoms with Crippen molar-refractivity contribution in [1.29, 1.82) is 0 Å². The summed E-state index contributed by atoms with van der Waals surface area (Å²) in [5.74, 6) is 0.225. The lowest BCUT2D eigenvalue weighted by molar-refractivity contribution is -0.116. The zero-order chi connectivity index (χ0) is 17.2. The number of amides is 1. The summed E-state index contributed by atoms with van der Waals surface area (Å²) in [7, 11) is -3.09. The van der Waals surface area contributed by atoms with Crippen LogP contribution in [0, 0.1) is 5.92 Å². The van der Waals surface area contributed by atoms with E-state index in [0.29, 0.717) is 24.5 Å². The highest BCUT2D eigenvalue weighted by atomic mass is 35.5. The number of piperidine rings is 1. The van der Waals surface area contributed by atoms with Crippen LogP contribution in [0.2, 0.25) is 5.02 Å². The SMILES string of the molecule is O=C(CC[C@H]1CCCN(S(=O)(=O)C2CC2)C1)Nc1ccc(Cl)cc1. The Morgan fingerprint density at radius 1 is 1.21 bits per heavy atom. The number of benzene rings is 1. The number of hydrogen-bond donors (Lipinski definition) is 1. The molecule has 0 unspecified atom stereocenters. The number of anilines is 1. The fourth-order valence-corrected chi connectivity index (χ4v) is 5.24. The largest absolute Gasteiger partial charge is 0.326 e. The molecule has 1 aromatic rings. The van der Waals surface area contributed by atoms with E-state index < -0.39 is 10.0 Å². The molecule has 3 rings (SSSR count). The molecule has 1 N–H and O–H groups in total. The Morgan fingerprint density at radius 2 is 1.92 bits per heavy atom. The van der Waals surface area contributed by atoms with Gasteiger partial charge in [0.2, 0.25) is 15.9 Å². The van der Waals surface area contributed by atoms with Gasteiger partial charge in [0.05, 0.1) is 5.25 Å². The molecule has 2 aliphatic rings. The van der Waals surface area contributed by atoms with Crippen LogP contribution in [0.1, 0.15) is 38.5 Å². The molecule has 1 aliphatic carbocycles. The molecule has 24 heavy (non-hydrogen) atoms. The van der Waals surface area contributed by atoms with Crippen molar-refractivity contribution in [3.63, 3.8) is 0 Å². The molecule has 5 nitrogen and oxygen atoms in total. The third-order valence-corrected chi connectivity index (χ3v) is 7.31. The highest BCUT2D eigenvalue weighted by molar-refractivity contribution is 7.90. The zero-order valence-corrected chi connectivity index (χ0v) is 15.2. The second kappa shape index (κ2) is 7.42. The van der Waals surface area contributed by atoms with Gasteiger partial charge in [0.15, 0.2) is 0 Å². The van der Waals surface area contributed by atoms with Crippen molar-refractivity contribution < 1.29 is 13.2 Å². The first-order valence-corrected chi connectivity index (χ1v) is 10.4. The number of carbonyl (C=O) groups excluding carboxylic acids is 1. The number of nitrogens with one attached hydrogen (secondary N) is 1. The van der Waals surface area contributed by atoms with Gasteiger partial charge in [0, 0.05) is 30.2 Å². The summed E-state index contributed by atoms with van der Waals surface area (Å²) < 4.78 is 26.3. The number of hydrogen-bond acceptors (Lipinski definition) is 3. The second-order valence-corrected chi connectivity index (χ2v) is 9.35. The van der Waals surface area contributed by atoms with Crippen molar-refractivity contribution in [2.75, 3.05) is 18.4 Å². The predicted molar refractivity (Wildman–Crippen MR) is 95.6 cm³/mol. The monoisotopic (exact) mass is 370 g/mol. The number of rotatable bonds is 6. The van der Waals surface area contributed by atoms with Gasteiger partial charge in [-0.1, -0.05) is 11.6 Å². The average molecular weight is 371 g/mol. The summed E-state index contributed by atoms with van der Waals surface area (Å²) in [5.41, 5.74) is 0.728. The Balaban J connectivity index is 1.47. The Bertz CT molecular complexity index is 686. The van der Waals surface area contributed by atoms with Crippen LogP contribution in [-0.2, 0) is 14.8 Å². The van der Waals surface area contributed by atoms with Crippen LogP contribution in [0.15, 0.2) is 24.3 Å². The van der Waals surface area contributed by atoms with Crippen LogP contribution in [0.4, 0.5) is 5.69 Å². The van der Waals surface area contributed by atoms with Gasteiger partial charge in [-0.05, 0) is 62.3 Å². The lowest BCUT2D eigenvalue weighted by Crippen LogP contribution is -2.41. The van der Waals surface area contributed by atoms with E-state index in [4.69, 9.17) is 11.6 Å². The van der Waals surface area contributed by atoms with E-state index in [0.717, 1.165) is 37.8 Å². The molecule has 0 aromatic heterocycles. The van der Waals surface area contributed by atoms with Crippen molar-refractivity contribution in [3.8, 4) is 0 Å². The number of halogens is 1. The molecule has 0 radical (unpaired) electrons. The summed E-state index contributed by atoms with van der Waals surface area (Å²) in [5, 5.41) is 3.33. The summed E-state index contributed by atoms with van der Waals surface area (Å²) >= 11 is 5.82. The first-order chi connectivity index (χ1) is 11.4. The van der Waals surface area contributed by atoms with Crippen LogP contribution in [0.25, 0.3) is 0 Å². The zero-order valence-electron chi connectivity index (χ0n) is 13.6. The van der Waals surface area contributed by atoms with Gasteiger partial charge in [-0.25, -0.2) is 12.7 Å². The van der Waals surface area contributed by atoms with Crippen LogP contribution >= 0.6 is 11.6 Å². The molecule has 2 fully saturated rings. The lowest BCUT2D eigenvalue weighted by Gasteiger charge is -2.32. The molecule has 0 bridgehead atoms. The summed E-state index contributed by atoms with van der Waals surface area (Å²) in [6, 6.07) is 7.01. The quantitative estimate of drug-likeness (QED) is 0.835. The van der Waals surface area contributed by atoms with Crippen LogP contribution < -0.4 is 5.32 Å². The smallest absolute Gasteiger partial charge is 0.224 e. The van der Waals surface area contributed by atoms with Gasteiger partial charge in [0.25, 0.3) is 0 Å². The fourth-order valence-electron chi connectivity index (χ4n) is 3.16. The average Bonchev–Trinajstić information content (AvgIpc) is 3.41. The number of sulfonamides is 1. The van der Waals surface area contributed by atoms with E-state index in [-0.39, 0.29) is 17.1 Å². The third kappa shape index (κ3) is 4.49. The second-order valence-electron chi connectivity index (χ2n) is 6.70. The van der Waals surface area contributed by atoms with Crippen molar-refractivity contribution in [2.45, 2.75) is 43.8 Å². The van der Waals surface area contributed by atoms with Gasteiger partial charge >= 0.3 is 0 Å². The topological polar surface area (TPSA) is 66.5 Å². The molecule has 1 aliphatic heterocycles. The van der Waals surface area contributed by atoms with E-state index in [2.05, 4.69) is 5.32 Å². The Labute approximate surface area is 148 Å². The highest BCUT2D eigenvalue weighted by Crippen LogP contribution is 2.34. The van der Waals surface area contributed by atoms with E-state index >= 15 is 0 Å². The highest BCUT2D eigenvalue weighted by Gasteiger charge is 2.41. The Kier molecular flexibility index (Phi) is 5.47. The normalized spacial score (nSPS) is 22.3. The van der Waals surface area contributed by atoms with Gasteiger partial charge < -0.3 is 5.32 Å². The molecular formula is C17H23ClN2O3S. The molecule has 7 heteroatoms. The van der Waals surface area contributed by atoms with Crippen molar-refractivity contribution in [3.05, 3.63) is 29.3 Å². The molecule has 0 spiro atoms. The molecule has 1 saturated heterocycles. The minimum absolute atomic E-state index is 0.0421. The van der Waals surface area contributed by atoms with Gasteiger partial charge in [-0.3, -0.25) is 4.79 Å². The van der Waals surface area contributed by atoms with E-state index in [1.54, 1.807) is 28.6 Å². The lowest BCUT2D eigenvalue weighted by atomic mass is 9.94. The molecular weight excluding hydrogens is 348 g/mol. The standard InChI is InChI=1S/C17H23ClN2O3S/c18-14-4-6-15(7-5-14)19-17(21)10-3-13-2-1-11-20(12-13)24(22,23)16-8-9-16/h4-7,13,16H,1-3,8-12H2,(H,19,21)/t13-/m1/s1. The molecule has 132 valence electrons. The molecule has 1 amide bonds. The summed E-state index contributed by atoms with van der Waals surface area (Å²) in [4.78, 5) is 12.1. The van der Waals surface area contributed by atoms with Crippen LogP contribution in [0.5, 0.6) is 0 Å². The predicted octanol–water partition coefficient (Wildman–Crippen LogP) is 3.26. The van der Waals surface area contributed by atoms with Crippen LogP contribution in [0.3, 0.4) is 0 Å². The van der Waals surface area contributed by atoms with E-state index in [9.17, 15) is 13.2 Å². The number of nitrogens with zero attached hydrogens (tertiary/aromatic N) is 1. The molecule has 1 heterocycles. The van der Waals surface area contributed by atoms with Crippen LogP contribution in [-0.4, -0.2) is 37.0 Å². The maximum atomic E-state index is 12.3. The first-order valence-electron chi connectivity index (χ1n) is 8.49.